The van der Waals surface area contributed by atoms with E-state index in [1.807, 2.05) is 62.4 Å². The number of ketones is 2. The van der Waals surface area contributed by atoms with Gasteiger partial charge in [-0.25, -0.2) is 0 Å². The highest BCUT2D eigenvalue weighted by atomic mass is 32.1. The van der Waals surface area contributed by atoms with Gasteiger partial charge >= 0.3 is 0 Å². The van der Waals surface area contributed by atoms with E-state index in [1.165, 1.54) is 9.75 Å². The quantitative estimate of drug-likeness (QED) is 0.337. The minimum absolute atomic E-state index is 0.0682. The second-order valence-electron chi connectivity index (χ2n) is 6.94. The van der Waals surface area contributed by atoms with Gasteiger partial charge in [-0.1, -0.05) is 36.4 Å². The molecule has 0 aliphatic heterocycles. The van der Waals surface area contributed by atoms with Crippen molar-refractivity contribution in [2.45, 2.75) is 13.8 Å². The first-order valence-corrected chi connectivity index (χ1v) is 10.7. The van der Waals surface area contributed by atoms with Crippen molar-refractivity contribution in [1.82, 2.24) is 0 Å². The number of fused-ring (bicyclic) bond motifs is 2. The molecule has 136 valence electrons. The molecule has 4 heteroatoms. The van der Waals surface area contributed by atoms with Crippen LogP contribution in [0, 0.1) is 13.8 Å². The number of rotatable bonds is 2. The van der Waals surface area contributed by atoms with Crippen LogP contribution in [-0.2, 0) is 0 Å². The predicted octanol–water partition coefficient (Wildman–Crippen LogP) is 6.54. The van der Waals surface area contributed by atoms with E-state index in [4.69, 9.17) is 0 Å². The molecule has 0 N–H and O–H groups in total. The van der Waals surface area contributed by atoms with Crippen molar-refractivity contribution in [3.05, 3.63) is 92.7 Å². The monoisotopic (exact) mass is 400 g/mol. The summed E-state index contributed by atoms with van der Waals surface area (Å²) in [5.41, 5.74) is 3.75. The van der Waals surface area contributed by atoms with Crippen LogP contribution in [0.25, 0.3) is 20.9 Å². The van der Waals surface area contributed by atoms with E-state index in [9.17, 15) is 9.59 Å². The third-order valence-electron chi connectivity index (χ3n) is 5.09. The van der Waals surface area contributed by atoms with E-state index in [0.717, 1.165) is 20.9 Å². The van der Waals surface area contributed by atoms with Gasteiger partial charge in [-0.15, -0.1) is 22.7 Å². The molecule has 28 heavy (non-hydrogen) atoms. The predicted molar refractivity (Wildman–Crippen MR) is 116 cm³/mol. The minimum Gasteiger partial charge on any atom is -0.289 e. The van der Waals surface area contributed by atoms with Crippen LogP contribution in [0.5, 0.6) is 0 Å². The van der Waals surface area contributed by atoms with Crippen LogP contribution in [0.1, 0.15) is 41.6 Å². The molecule has 0 spiro atoms. The van der Waals surface area contributed by atoms with Crippen LogP contribution in [-0.4, -0.2) is 11.6 Å². The summed E-state index contributed by atoms with van der Waals surface area (Å²) in [6.07, 6.45) is 0. The first-order valence-electron chi connectivity index (χ1n) is 9.03. The molecule has 0 bridgehead atoms. The zero-order valence-corrected chi connectivity index (χ0v) is 17.0. The molecule has 0 radical (unpaired) electrons. The van der Waals surface area contributed by atoms with Gasteiger partial charge < -0.3 is 0 Å². The number of hydrogen-bond acceptors (Lipinski definition) is 4. The Kier molecular flexibility index (Phi) is 3.93. The van der Waals surface area contributed by atoms with Crippen molar-refractivity contribution >= 4 is 34.2 Å². The third-order valence-corrected chi connectivity index (χ3v) is 7.16. The number of aryl methyl sites for hydroxylation is 2. The van der Waals surface area contributed by atoms with E-state index >= 15 is 0 Å². The van der Waals surface area contributed by atoms with Gasteiger partial charge in [0.25, 0.3) is 0 Å². The highest BCUT2D eigenvalue weighted by Crippen LogP contribution is 2.42. The number of thiophene rings is 2. The molecular formula is C24H16O2S2. The zero-order valence-electron chi connectivity index (χ0n) is 15.4. The lowest BCUT2D eigenvalue weighted by molar-refractivity contribution is 0.0980. The van der Waals surface area contributed by atoms with Crippen LogP contribution in [0.2, 0.25) is 0 Å². The second-order valence-corrected chi connectivity index (χ2v) is 9.51. The molecule has 0 fully saturated rings. The Morgan fingerprint density at radius 1 is 0.536 bits per heavy atom. The van der Waals surface area contributed by atoms with Gasteiger partial charge in [-0.2, -0.15) is 0 Å². The molecule has 0 unspecified atom stereocenters. The van der Waals surface area contributed by atoms with Crippen LogP contribution >= 0.6 is 22.7 Å². The average molecular weight is 401 g/mol. The van der Waals surface area contributed by atoms with Gasteiger partial charge in [-0.05, 0) is 38.1 Å². The van der Waals surface area contributed by atoms with Crippen molar-refractivity contribution in [1.29, 1.82) is 0 Å². The highest BCUT2D eigenvalue weighted by molar-refractivity contribution is 7.15. The van der Waals surface area contributed by atoms with Crippen molar-refractivity contribution in [3.63, 3.8) is 0 Å². The maximum absolute atomic E-state index is 13.5. The Morgan fingerprint density at radius 2 is 0.964 bits per heavy atom. The van der Waals surface area contributed by atoms with Crippen LogP contribution in [0.3, 0.4) is 0 Å². The first-order chi connectivity index (χ1) is 13.5. The van der Waals surface area contributed by atoms with Crippen molar-refractivity contribution < 1.29 is 9.59 Å². The van der Waals surface area contributed by atoms with Crippen LogP contribution in [0.4, 0.5) is 0 Å². The van der Waals surface area contributed by atoms with Crippen molar-refractivity contribution in [2.75, 3.05) is 0 Å². The lowest BCUT2D eigenvalue weighted by atomic mass is 9.79. The molecule has 2 aromatic heterocycles. The fourth-order valence-corrected chi connectivity index (χ4v) is 5.59. The smallest absolute Gasteiger partial charge is 0.195 e. The molecule has 1 aliphatic rings. The van der Waals surface area contributed by atoms with Crippen molar-refractivity contribution in [3.8, 4) is 20.9 Å². The summed E-state index contributed by atoms with van der Waals surface area (Å²) in [6, 6.07) is 19.3. The van der Waals surface area contributed by atoms with Gasteiger partial charge in [0, 0.05) is 52.9 Å². The standard InChI is InChI=1S/C24H16O2S2/c1-13-7-11-19(27-13)17-9-10-18(20-12-8-14(2)28-20)22-21(17)23(25)15-5-3-4-6-16(15)24(22)26/h3-12H,1-2H3. The Labute approximate surface area is 171 Å². The number of carbonyl (C=O) groups is 2. The molecule has 0 saturated heterocycles. The zero-order chi connectivity index (χ0) is 19.4. The number of hydrogen-bond donors (Lipinski definition) is 0. The lowest BCUT2D eigenvalue weighted by Crippen LogP contribution is -2.22. The van der Waals surface area contributed by atoms with E-state index in [-0.39, 0.29) is 11.6 Å². The second kappa shape index (κ2) is 6.36. The molecule has 2 aromatic carbocycles. The van der Waals surface area contributed by atoms with E-state index in [2.05, 4.69) is 0 Å². The minimum atomic E-state index is -0.0682. The first kappa shape index (κ1) is 17.3. The SMILES string of the molecule is Cc1ccc(-c2ccc(-c3ccc(C)s3)c3c2C(=O)c2ccccc2C3=O)s1. The Balaban J connectivity index is 1.86. The van der Waals surface area contributed by atoms with Gasteiger partial charge in [-0.3, -0.25) is 9.59 Å². The molecule has 0 atom stereocenters. The van der Waals surface area contributed by atoms with E-state index in [1.54, 1.807) is 34.8 Å². The number of benzene rings is 2. The summed E-state index contributed by atoms with van der Waals surface area (Å²) in [6.45, 7) is 4.09. The Morgan fingerprint density at radius 3 is 1.32 bits per heavy atom. The fourth-order valence-electron chi connectivity index (χ4n) is 3.79. The van der Waals surface area contributed by atoms with Gasteiger partial charge in [0.15, 0.2) is 11.6 Å². The van der Waals surface area contributed by atoms with Gasteiger partial charge in [0.2, 0.25) is 0 Å². The third kappa shape index (κ3) is 2.53. The highest BCUT2D eigenvalue weighted by Gasteiger charge is 2.34. The molecule has 2 heterocycles. The Hall–Kier alpha value is -2.82. The van der Waals surface area contributed by atoms with E-state index < -0.39 is 0 Å². The maximum atomic E-state index is 13.5. The summed E-state index contributed by atoms with van der Waals surface area (Å²) in [5.74, 6) is -0.136. The summed E-state index contributed by atoms with van der Waals surface area (Å²) < 4.78 is 0. The topological polar surface area (TPSA) is 34.1 Å². The van der Waals surface area contributed by atoms with Crippen LogP contribution < -0.4 is 0 Å². The molecule has 1 aliphatic carbocycles. The fraction of sp³-hybridized carbons (Fsp3) is 0.0833. The Bertz CT molecular complexity index is 1180. The summed E-state index contributed by atoms with van der Waals surface area (Å²) in [7, 11) is 0. The summed E-state index contributed by atoms with van der Waals surface area (Å²) in [4.78, 5) is 31.4. The maximum Gasteiger partial charge on any atom is 0.195 e. The molecule has 0 amide bonds. The summed E-state index contributed by atoms with van der Waals surface area (Å²) in [5, 5.41) is 0. The van der Waals surface area contributed by atoms with Gasteiger partial charge in [0.05, 0.1) is 0 Å². The summed E-state index contributed by atoms with van der Waals surface area (Å²) >= 11 is 3.29. The molecule has 4 aromatic rings. The van der Waals surface area contributed by atoms with E-state index in [0.29, 0.717) is 22.3 Å². The lowest BCUT2D eigenvalue weighted by Gasteiger charge is -2.22. The largest absolute Gasteiger partial charge is 0.289 e. The molecular weight excluding hydrogens is 384 g/mol. The molecule has 2 nitrogen and oxygen atoms in total. The van der Waals surface area contributed by atoms with Gasteiger partial charge in [0.1, 0.15) is 0 Å². The van der Waals surface area contributed by atoms with Crippen molar-refractivity contribution in [2.24, 2.45) is 0 Å². The number of carbonyl (C=O) groups excluding carboxylic acids is 2. The molecule has 0 saturated carbocycles. The normalized spacial score (nSPS) is 12.8. The average Bonchev–Trinajstić information content (AvgIpc) is 3.33. The van der Waals surface area contributed by atoms with Crippen LogP contribution in [0.15, 0.2) is 60.7 Å². The molecule has 5 rings (SSSR count).